The van der Waals surface area contributed by atoms with Crippen molar-refractivity contribution in [2.24, 2.45) is 0 Å². The molecule has 0 unspecified atom stereocenters. The molecule has 0 aromatic heterocycles. The Kier molecular flexibility index (Phi) is 4.27. The smallest absolute Gasteiger partial charge is 0.178 e. The number of halogens is 2. The van der Waals surface area contributed by atoms with Crippen LogP contribution in [0.1, 0.15) is 23.1 Å². The second-order valence-corrected chi connectivity index (χ2v) is 7.71. The number of hydrogen-bond donors (Lipinski definition) is 0. The van der Waals surface area contributed by atoms with Crippen molar-refractivity contribution in [1.29, 1.82) is 5.26 Å². The van der Waals surface area contributed by atoms with Gasteiger partial charge < -0.3 is 0 Å². The second kappa shape index (κ2) is 6.26. The molecule has 0 N–H and O–H groups in total. The van der Waals surface area contributed by atoms with E-state index in [1.54, 1.807) is 30.3 Å². The van der Waals surface area contributed by atoms with Gasteiger partial charge in [-0.25, -0.2) is 17.2 Å². The molecule has 126 valence electrons. The first-order valence-corrected chi connectivity index (χ1v) is 9.30. The van der Waals surface area contributed by atoms with Gasteiger partial charge >= 0.3 is 0 Å². The van der Waals surface area contributed by atoms with E-state index in [0.29, 0.717) is 17.6 Å². The molecule has 25 heavy (non-hydrogen) atoms. The highest BCUT2D eigenvalue weighted by atomic mass is 32.2. The Morgan fingerprint density at radius 2 is 1.76 bits per heavy atom. The summed E-state index contributed by atoms with van der Waals surface area (Å²) in [4.78, 5) is -0.653. The molecule has 0 saturated heterocycles. The van der Waals surface area contributed by atoms with Crippen molar-refractivity contribution in [2.75, 3.05) is 6.26 Å². The average molecular weight is 357 g/mol. The van der Waals surface area contributed by atoms with Crippen LogP contribution in [0.25, 0.3) is 11.1 Å². The molecule has 0 heterocycles. The first-order chi connectivity index (χ1) is 11.8. The van der Waals surface area contributed by atoms with Crippen LogP contribution >= 0.6 is 0 Å². The second-order valence-electron chi connectivity index (χ2n) is 5.72. The van der Waals surface area contributed by atoms with E-state index < -0.39 is 26.4 Å². The molecule has 2 aromatic rings. The summed E-state index contributed by atoms with van der Waals surface area (Å²) in [7, 11) is -3.85. The molecule has 0 fully saturated rings. The van der Waals surface area contributed by atoms with E-state index >= 15 is 0 Å². The first-order valence-electron chi connectivity index (χ1n) is 7.41. The topological polar surface area (TPSA) is 57.9 Å². The largest absolute Gasteiger partial charge is 0.224 e. The molecule has 0 spiro atoms. The molecular weight excluding hydrogens is 344 g/mol. The van der Waals surface area contributed by atoms with E-state index in [2.05, 4.69) is 0 Å². The van der Waals surface area contributed by atoms with Crippen molar-refractivity contribution in [3.05, 3.63) is 76.9 Å². The van der Waals surface area contributed by atoms with Gasteiger partial charge in [-0.2, -0.15) is 5.26 Å². The zero-order chi connectivity index (χ0) is 18.2. The molecule has 0 saturated carbocycles. The summed E-state index contributed by atoms with van der Waals surface area (Å²) < 4.78 is 51.7. The molecule has 0 bridgehead atoms. The minimum Gasteiger partial charge on any atom is -0.224 e. The van der Waals surface area contributed by atoms with E-state index in [1.807, 2.05) is 12.1 Å². The molecule has 1 aliphatic carbocycles. The van der Waals surface area contributed by atoms with Crippen molar-refractivity contribution >= 4 is 21.0 Å². The molecule has 0 atom stereocenters. The van der Waals surface area contributed by atoms with Gasteiger partial charge in [0.2, 0.25) is 0 Å². The van der Waals surface area contributed by atoms with Crippen molar-refractivity contribution < 1.29 is 17.2 Å². The van der Waals surface area contributed by atoms with Crippen molar-refractivity contribution in [2.45, 2.75) is 11.3 Å². The summed E-state index contributed by atoms with van der Waals surface area (Å²) >= 11 is 0. The average Bonchev–Trinajstić information content (AvgIpc) is 3.05. The van der Waals surface area contributed by atoms with Crippen LogP contribution in [-0.4, -0.2) is 14.7 Å². The number of allylic oxidation sites excluding steroid dienone is 4. The maximum Gasteiger partial charge on any atom is 0.178 e. The highest BCUT2D eigenvalue weighted by molar-refractivity contribution is 7.90. The van der Waals surface area contributed by atoms with Crippen molar-refractivity contribution in [3.8, 4) is 6.07 Å². The van der Waals surface area contributed by atoms with E-state index in [9.17, 15) is 17.2 Å². The van der Waals surface area contributed by atoms with Gasteiger partial charge in [0.15, 0.2) is 9.84 Å². The number of rotatable bonds is 3. The number of benzene rings is 2. The minimum atomic E-state index is -3.85. The maximum absolute atomic E-state index is 14.5. The van der Waals surface area contributed by atoms with Crippen LogP contribution in [0, 0.1) is 23.0 Å². The Hall–Kier alpha value is -2.78. The summed E-state index contributed by atoms with van der Waals surface area (Å²) in [5.41, 5.74) is 2.60. The van der Waals surface area contributed by atoms with Crippen LogP contribution in [0.2, 0.25) is 0 Å². The van der Waals surface area contributed by atoms with Gasteiger partial charge in [-0.05, 0) is 47.4 Å². The summed E-state index contributed by atoms with van der Waals surface area (Å²) in [6.45, 7) is 0. The van der Waals surface area contributed by atoms with Gasteiger partial charge in [-0.3, -0.25) is 0 Å². The van der Waals surface area contributed by atoms with Gasteiger partial charge in [-0.15, -0.1) is 0 Å². The van der Waals surface area contributed by atoms with Crippen LogP contribution in [0.15, 0.2) is 53.4 Å². The third kappa shape index (κ3) is 3.24. The normalized spacial score (nSPS) is 14.0. The van der Waals surface area contributed by atoms with Gasteiger partial charge in [0.25, 0.3) is 0 Å². The zero-order valence-electron chi connectivity index (χ0n) is 13.3. The Labute approximate surface area is 144 Å². The Morgan fingerprint density at radius 3 is 2.36 bits per heavy atom. The van der Waals surface area contributed by atoms with Crippen LogP contribution in [-0.2, 0) is 9.84 Å². The number of nitrogens with zero attached hydrogens (tertiary/aromatic N) is 1. The summed E-state index contributed by atoms with van der Waals surface area (Å²) in [6.07, 6.45) is 4.87. The van der Waals surface area contributed by atoms with Gasteiger partial charge in [0.05, 0.1) is 11.6 Å². The highest BCUT2D eigenvalue weighted by Crippen LogP contribution is 2.37. The lowest BCUT2D eigenvalue weighted by atomic mass is 9.95. The predicted octanol–water partition coefficient (Wildman–Crippen LogP) is 4.11. The van der Waals surface area contributed by atoms with Crippen LogP contribution in [0.4, 0.5) is 8.78 Å². The Balaban J connectivity index is 2.14. The fourth-order valence-corrected chi connectivity index (χ4v) is 3.53. The van der Waals surface area contributed by atoms with Crippen molar-refractivity contribution in [3.63, 3.8) is 0 Å². The fraction of sp³-hybridized carbons (Fsp3) is 0.105. The zero-order valence-corrected chi connectivity index (χ0v) is 14.1. The van der Waals surface area contributed by atoms with E-state index in [0.717, 1.165) is 29.5 Å². The number of sulfone groups is 1. The molecule has 6 heteroatoms. The third-order valence-electron chi connectivity index (χ3n) is 4.00. The molecular formula is C19H13F2NO2S. The van der Waals surface area contributed by atoms with E-state index in [4.69, 9.17) is 5.26 Å². The Bertz CT molecular complexity index is 1060. The maximum atomic E-state index is 14.5. The quantitative estimate of drug-likeness (QED) is 0.831. The summed E-state index contributed by atoms with van der Waals surface area (Å²) in [5, 5.41) is 8.87. The lowest BCUT2D eigenvalue weighted by Crippen LogP contribution is -2.04. The predicted molar refractivity (Wildman–Crippen MR) is 91.2 cm³/mol. The highest BCUT2D eigenvalue weighted by Gasteiger charge is 2.22. The van der Waals surface area contributed by atoms with Crippen LogP contribution in [0.5, 0.6) is 0 Å². The lowest BCUT2D eigenvalue weighted by Gasteiger charge is -2.11. The molecule has 2 aromatic carbocycles. The lowest BCUT2D eigenvalue weighted by molar-refractivity contribution is 0.554. The number of hydrogen-bond acceptors (Lipinski definition) is 3. The third-order valence-corrected chi connectivity index (χ3v) is 5.11. The fourth-order valence-electron chi connectivity index (χ4n) is 2.80. The first kappa shape index (κ1) is 17.1. The molecule has 0 radical (unpaired) electrons. The summed E-state index contributed by atoms with van der Waals surface area (Å²) in [5.74, 6) is -1.76. The minimum absolute atomic E-state index is 0.0364. The Morgan fingerprint density at radius 1 is 1.08 bits per heavy atom. The summed E-state index contributed by atoms with van der Waals surface area (Å²) in [6, 6.07) is 10.5. The van der Waals surface area contributed by atoms with Gasteiger partial charge in [0.1, 0.15) is 16.5 Å². The molecule has 1 aliphatic rings. The molecule has 0 aliphatic heterocycles. The molecule has 3 nitrogen and oxygen atoms in total. The molecule has 0 amide bonds. The monoisotopic (exact) mass is 357 g/mol. The van der Waals surface area contributed by atoms with Gasteiger partial charge in [-0.1, -0.05) is 24.3 Å². The van der Waals surface area contributed by atoms with E-state index in [-0.39, 0.29) is 5.56 Å². The SMILES string of the molecule is CS(=O)(=O)c1cc(F)c(C2=C(c3ccc(C#N)cc3)C=CC2)cc1F. The molecule has 3 rings (SSSR count). The number of nitriles is 1. The van der Waals surface area contributed by atoms with Crippen molar-refractivity contribution in [1.82, 2.24) is 0 Å². The van der Waals surface area contributed by atoms with Gasteiger partial charge in [0, 0.05) is 11.8 Å². The van der Waals surface area contributed by atoms with Crippen LogP contribution in [0.3, 0.4) is 0 Å². The van der Waals surface area contributed by atoms with Crippen LogP contribution < -0.4 is 0 Å². The van der Waals surface area contributed by atoms with E-state index in [1.165, 1.54) is 0 Å². The standard InChI is InChI=1S/C19H13F2NO2S/c1-25(23,24)19-10-17(20)16(9-18(19)21)15-4-2-3-14(15)13-7-5-12(11-22)6-8-13/h2-3,5-10H,4H2,1H3.